The van der Waals surface area contributed by atoms with Gasteiger partial charge in [-0.3, -0.25) is 0 Å². The molecular weight excluding hydrogens is 572 g/mol. The highest BCUT2D eigenvalue weighted by atomic mass is 79.9. The Balaban J connectivity index is 0.00000180. The number of pyridine rings is 2. The van der Waals surface area contributed by atoms with Crippen LogP contribution >= 0.6 is 0 Å². The molecule has 2 aromatic heterocycles. The Kier molecular flexibility index (Phi) is 11.2. The van der Waals surface area contributed by atoms with Gasteiger partial charge >= 0.3 is 0 Å². The fourth-order valence-electron chi connectivity index (χ4n) is 5.05. The molecule has 0 saturated carbocycles. The Bertz CT molecular complexity index is 1170. The Morgan fingerprint density at radius 2 is 0.917 bits per heavy atom. The Morgan fingerprint density at radius 1 is 0.528 bits per heavy atom. The second-order valence-corrected chi connectivity index (χ2v) is 9.56. The van der Waals surface area contributed by atoms with Crippen LogP contribution in [0.5, 0.6) is 0 Å². The van der Waals surface area contributed by atoms with Crippen LogP contribution in [-0.4, -0.2) is 0 Å². The molecule has 0 aliphatic heterocycles. The average molecular weight is 606 g/mol. The van der Waals surface area contributed by atoms with Crippen molar-refractivity contribution in [2.45, 2.75) is 77.3 Å². The smallest absolute Gasteiger partial charge is 0.172 e. The fraction of sp³-hybridized carbons (Fsp3) is 0.375. The maximum atomic E-state index is 3.33. The summed E-state index contributed by atoms with van der Waals surface area (Å²) in [4.78, 5) is 0. The minimum absolute atomic E-state index is 0. The number of halogens is 2. The van der Waals surface area contributed by atoms with Gasteiger partial charge in [-0.2, -0.15) is 0 Å². The summed E-state index contributed by atoms with van der Waals surface area (Å²) in [5.74, 6) is 13.3. The lowest BCUT2D eigenvalue weighted by Crippen LogP contribution is -3.00. The van der Waals surface area contributed by atoms with E-state index in [9.17, 15) is 0 Å². The highest BCUT2D eigenvalue weighted by Gasteiger charge is 2.14. The van der Waals surface area contributed by atoms with Crippen LogP contribution in [0.15, 0.2) is 61.2 Å². The van der Waals surface area contributed by atoms with E-state index >= 15 is 0 Å². The molecule has 3 aromatic rings. The highest BCUT2D eigenvalue weighted by molar-refractivity contribution is 5.41. The first kappa shape index (κ1) is 28.2. The summed E-state index contributed by atoms with van der Waals surface area (Å²) in [6, 6.07) is 12.9. The number of hydrogen-bond acceptors (Lipinski definition) is 0. The van der Waals surface area contributed by atoms with E-state index < -0.39 is 0 Å². The minimum Gasteiger partial charge on any atom is -1.00 e. The Labute approximate surface area is 237 Å². The maximum absolute atomic E-state index is 3.33. The molecule has 0 unspecified atom stereocenters. The lowest BCUT2D eigenvalue weighted by molar-refractivity contribution is -0.696. The second-order valence-electron chi connectivity index (χ2n) is 9.56. The van der Waals surface area contributed by atoms with E-state index in [1.165, 1.54) is 73.6 Å². The zero-order valence-electron chi connectivity index (χ0n) is 20.9. The third-order valence-electron chi connectivity index (χ3n) is 7.03. The van der Waals surface area contributed by atoms with E-state index in [2.05, 4.69) is 94.0 Å². The molecule has 5 rings (SSSR count). The molecular formula is C32H34Br2N2. The Morgan fingerprint density at radius 3 is 1.33 bits per heavy atom. The predicted molar refractivity (Wildman–Crippen MR) is 136 cm³/mol. The fourth-order valence-corrected chi connectivity index (χ4v) is 5.05. The highest BCUT2D eigenvalue weighted by Crippen LogP contribution is 2.19. The first-order chi connectivity index (χ1) is 16.8. The topological polar surface area (TPSA) is 7.76 Å². The molecule has 36 heavy (non-hydrogen) atoms. The van der Waals surface area contributed by atoms with Crippen LogP contribution in [0.1, 0.15) is 71.9 Å². The van der Waals surface area contributed by atoms with Crippen LogP contribution < -0.4 is 43.1 Å². The number of nitrogens with zero attached hydrogens (tertiary/aromatic N) is 2. The van der Waals surface area contributed by atoms with Crippen molar-refractivity contribution in [3.8, 4) is 23.7 Å². The van der Waals surface area contributed by atoms with Crippen molar-refractivity contribution in [3.05, 3.63) is 94.6 Å². The molecule has 2 nitrogen and oxygen atoms in total. The van der Waals surface area contributed by atoms with Gasteiger partial charge in [0.05, 0.1) is 12.8 Å². The van der Waals surface area contributed by atoms with E-state index in [4.69, 9.17) is 0 Å². The molecule has 0 amide bonds. The molecule has 2 aliphatic rings. The molecule has 1 aromatic carbocycles. The van der Waals surface area contributed by atoms with Gasteiger partial charge < -0.3 is 34.0 Å². The van der Waals surface area contributed by atoms with Gasteiger partial charge in [0.2, 0.25) is 0 Å². The van der Waals surface area contributed by atoms with Crippen molar-refractivity contribution in [2.24, 2.45) is 0 Å². The van der Waals surface area contributed by atoms with E-state index in [0.717, 1.165) is 37.1 Å². The lowest BCUT2D eigenvalue weighted by atomic mass is 9.93. The molecule has 0 saturated heterocycles. The van der Waals surface area contributed by atoms with Crippen molar-refractivity contribution >= 4 is 0 Å². The molecule has 0 spiro atoms. The second kappa shape index (κ2) is 14.4. The zero-order chi connectivity index (χ0) is 23.0. The van der Waals surface area contributed by atoms with Gasteiger partial charge in [0, 0.05) is 34.4 Å². The summed E-state index contributed by atoms with van der Waals surface area (Å²) in [6.45, 7) is 1.90. The number of fused-ring (bicyclic) bond motifs is 2. The third-order valence-corrected chi connectivity index (χ3v) is 7.03. The molecule has 2 heterocycles. The van der Waals surface area contributed by atoms with Crippen LogP contribution in [-0.2, 0) is 38.8 Å². The largest absolute Gasteiger partial charge is 1.00 e. The number of benzene rings is 1. The van der Waals surface area contributed by atoms with Crippen molar-refractivity contribution in [1.82, 2.24) is 0 Å². The number of aryl methyl sites for hydroxylation is 6. The number of hydrogen-bond donors (Lipinski definition) is 0. The van der Waals surface area contributed by atoms with Gasteiger partial charge in [-0.1, -0.05) is 23.7 Å². The first-order valence-electron chi connectivity index (χ1n) is 12.9. The first-order valence-corrected chi connectivity index (χ1v) is 12.9. The molecule has 2 aliphatic carbocycles. The zero-order valence-corrected chi connectivity index (χ0v) is 24.1. The lowest BCUT2D eigenvalue weighted by Gasteiger charge is -2.13. The average Bonchev–Trinajstić information content (AvgIpc) is 2.90. The normalized spacial score (nSPS) is 13.3. The number of aromatic nitrogens is 2. The van der Waals surface area contributed by atoms with Crippen molar-refractivity contribution in [3.63, 3.8) is 0 Å². The van der Waals surface area contributed by atoms with Crippen LogP contribution in [0.4, 0.5) is 0 Å². The van der Waals surface area contributed by atoms with E-state index in [-0.39, 0.29) is 34.0 Å². The third kappa shape index (κ3) is 7.80. The van der Waals surface area contributed by atoms with Crippen LogP contribution in [0, 0.1) is 23.7 Å². The van der Waals surface area contributed by atoms with Gasteiger partial charge in [-0.15, -0.1) is 0 Å². The summed E-state index contributed by atoms with van der Waals surface area (Å²) in [5.41, 5.74) is 8.25. The van der Waals surface area contributed by atoms with Gasteiger partial charge in [0.1, 0.15) is 0 Å². The van der Waals surface area contributed by atoms with Crippen LogP contribution in [0.3, 0.4) is 0 Å². The summed E-state index contributed by atoms with van der Waals surface area (Å²) in [5, 5.41) is 0. The van der Waals surface area contributed by atoms with E-state index in [0.29, 0.717) is 0 Å². The molecule has 0 bridgehead atoms. The van der Waals surface area contributed by atoms with Crippen molar-refractivity contribution in [1.29, 1.82) is 0 Å². The number of rotatable bonds is 4. The molecule has 0 fully saturated rings. The van der Waals surface area contributed by atoms with E-state index in [1.807, 2.05) is 0 Å². The predicted octanol–water partition coefficient (Wildman–Crippen LogP) is -1.09. The molecule has 0 atom stereocenters. The summed E-state index contributed by atoms with van der Waals surface area (Å²) in [6.07, 6.45) is 21.1. The van der Waals surface area contributed by atoms with Crippen molar-refractivity contribution in [2.75, 3.05) is 0 Å². The standard InChI is InChI=1S/C32H34N2.2BrH/c1-3-13-31-25-33(23-19-29(31)11-1)21-7-5-9-27-15-17-28(18-16-27)10-6-8-22-34-24-20-30-12-2-4-14-32(30)26-34;;/h15-20,23-26H,1-4,7-8,11-14,21-22H2;2*1H/q+2;;/p-2. The quantitative estimate of drug-likeness (QED) is 0.264. The summed E-state index contributed by atoms with van der Waals surface area (Å²) < 4.78 is 4.58. The molecule has 4 heteroatoms. The molecule has 186 valence electrons. The monoisotopic (exact) mass is 604 g/mol. The van der Waals surface area contributed by atoms with Crippen LogP contribution in [0.25, 0.3) is 0 Å². The van der Waals surface area contributed by atoms with Crippen molar-refractivity contribution < 1.29 is 43.1 Å². The minimum atomic E-state index is 0. The van der Waals surface area contributed by atoms with Crippen LogP contribution in [0.2, 0.25) is 0 Å². The Hall–Kier alpha value is -2.40. The molecule has 0 radical (unpaired) electrons. The van der Waals surface area contributed by atoms with E-state index in [1.54, 1.807) is 0 Å². The maximum Gasteiger partial charge on any atom is 0.172 e. The SMILES string of the molecule is C(#Cc1ccc(C#CCC[n+]2ccc3c(c2)CCCC3)cc1)CC[n+]1ccc2c(c1)CCCC2.[Br-].[Br-]. The van der Waals surface area contributed by atoms with Gasteiger partial charge in [-0.25, -0.2) is 9.13 Å². The summed E-state index contributed by atoms with van der Waals surface area (Å²) in [7, 11) is 0. The van der Waals surface area contributed by atoms with Gasteiger partial charge in [-0.05, 0) is 86.8 Å². The molecule has 0 N–H and O–H groups in total. The van der Waals surface area contributed by atoms with Gasteiger partial charge in [0.15, 0.2) is 37.9 Å². The van der Waals surface area contributed by atoms with Gasteiger partial charge in [0.25, 0.3) is 0 Å². The summed E-state index contributed by atoms with van der Waals surface area (Å²) >= 11 is 0.